The zero-order valence-electron chi connectivity index (χ0n) is 18.7. The van der Waals surface area contributed by atoms with Gasteiger partial charge < -0.3 is 4.90 Å². The topological polar surface area (TPSA) is 81.7 Å². The molecule has 180 valence electrons. The van der Waals surface area contributed by atoms with E-state index in [1.807, 2.05) is 33.7 Å². The molecular weight excluding hydrogens is 492 g/mol. The summed E-state index contributed by atoms with van der Waals surface area (Å²) in [4.78, 5) is 16.2. The van der Waals surface area contributed by atoms with E-state index in [2.05, 4.69) is 20.4 Å². The Morgan fingerprint density at radius 3 is 2.40 bits per heavy atom. The Bertz CT molecular complexity index is 1320. The highest BCUT2D eigenvalue weighted by molar-refractivity contribution is 6.31. The van der Waals surface area contributed by atoms with Gasteiger partial charge in [-0.15, -0.1) is 10.2 Å². The van der Waals surface area contributed by atoms with Gasteiger partial charge in [-0.2, -0.15) is 15.0 Å². The maximum Gasteiger partial charge on any atom is 0.227 e. The lowest BCUT2D eigenvalue weighted by Crippen LogP contribution is -2.39. The van der Waals surface area contributed by atoms with Gasteiger partial charge in [-0.25, -0.2) is 4.39 Å². The Morgan fingerprint density at radius 2 is 1.71 bits per heavy atom. The lowest BCUT2D eigenvalue weighted by atomic mass is 9.95. The quantitative estimate of drug-likeness (QED) is 0.383. The minimum Gasteiger partial charge on any atom is -0.342 e. The molecule has 1 amide bonds. The molecule has 0 saturated carbocycles. The number of benzene rings is 2. The van der Waals surface area contributed by atoms with Crippen LogP contribution >= 0.6 is 23.2 Å². The van der Waals surface area contributed by atoms with Crippen LogP contribution in [0, 0.1) is 5.82 Å². The highest BCUT2D eigenvalue weighted by Gasteiger charge is 2.29. The van der Waals surface area contributed by atoms with Crippen molar-refractivity contribution in [3.63, 3.8) is 0 Å². The van der Waals surface area contributed by atoms with E-state index in [0.717, 1.165) is 24.4 Å². The number of nitrogens with zero attached hydrogens (tertiary/aromatic N) is 7. The standard InChI is InChI=1S/C24H22Cl2FN7O/c25-18-2-5-20(6-3-18)34-22(15-33-28-9-10-29-33)30-31-24(34)16-7-11-32(12-8-16)23(35)13-17-1-4-19(27)14-21(17)26/h1-6,9-10,14,16H,7-8,11-13,15H2. The molecule has 0 aliphatic carbocycles. The monoisotopic (exact) mass is 513 g/mol. The maximum atomic E-state index is 13.3. The Labute approximate surface area is 211 Å². The first-order chi connectivity index (χ1) is 17.0. The van der Waals surface area contributed by atoms with Gasteiger partial charge >= 0.3 is 0 Å². The van der Waals surface area contributed by atoms with E-state index in [9.17, 15) is 9.18 Å². The van der Waals surface area contributed by atoms with Crippen molar-refractivity contribution in [3.05, 3.63) is 87.9 Å². The Morgan fingerprint density at radius 1 is 1.00 bits per heavy atom. The van der Waals surface area contributed by atoms with Crippen molar-refractivity contribution in [3.8, 4) is 5.69 Å². The minimum atomic E-state index is -0.417. The van der Waals surface area contributed by atoms with Gasteiger partial charge in [-0.05, 0) is 54.8 Å². The smallest absolute Gasteiger partial charge is 0.227 e. The van der Waals surface area contributed by atoms with Gasteiger partial charge in [0.05, 0.1) is 18.8 Å². The van der Waals surface area contributed by atoms with Crippen molar-refractivity contribution < 1.29 is 9.18 Å². The van der Waals surface area contributed by atoms with Gasteiger partial charge in [0, 0.05) is 34.7 Å². The van der Waals surface area contributed by atoms with Crippen LogP contribution in [-0.4, -0.2) is 53.7 Å². The summed E-state index contributed by atoms with van der Waals surface area (Å²) >= 11 is 12.2. The molecule has 35 heavy (non-hydrogen) atoms. The normalized spacial score (nSPS) is 14.4. The Hall–Kier alpha value is -3.30. The summed E-state index contributed by atoms with van der Waals surface area (Å²) in [5.74, 6) is 1.23. The third-order valence-corrected chi connectivity index (χ3v) is 6.76. The van der Waals surface area contributed by atoms with Crippen LogP contribution in [0.3, 0.4) is 0 Å². The third-order valence-electron chi connectivity index (χ3n) is 6.16. The first-order valence-corrected chi connectivity index (χ1v) is 12.0. The molecule has 1 saturated heterocycles. The first kappa shape index (κ1) is 23.4. The van der Waals surface area contributed by atoms with Gasteiger partial charge in [-0.3, -0.25) is 9.36 Å². The number of hydrogen-bond donors (Lipinski definition) is 0. The fourth-order valence-corrected chi connectivity index (χ4v) is 4.71. The SMILES string of the molecule is O=C(Cc1ccc(F)cc1Cl)N1CCC(c2nnc(Cn3nccn3)n2-c2ccc(Cl)cc2)CC1. The summed E-state index contributed by atoms with van der Waals surface area (Å²) in [6.07, 6.45) is 4.88. The van der Waals surface area contributed by atoms with Crippen LogP contribution in [0.25, 0.3) is 5.69 Å². The van der Waals surface area contributed by atoms with Crippen LogP contribution in [0.5, 0.6) is 0 Å². The number of halogens is 3. The summed E-state index contributed by atoms with van der Waals surface area (Å²) in [6.45, 7) is 1.55. The predicted molar refractivity (Wildman–Crippen MR) is 129 cm³/mol. The lowest BCUT2D eigenvalue weighted by Gasteiger charge is -2.32. The number of rotatable bonds is 6. The summed E-state index contributed by atoms with van der Waals surface area (Å²) < 4.78 is 15.3. The zero-order chi connectivity index (χ0) is 24.4. The van der Waals surface area contributed by atoms with Crippen molar-refractivity contribution >= 4 is 29.1 Å². The van der Waals surface area contributed by atoms with Gasteiger partial charge in [-0.1, -0.05) is 29.3 Å². The van der Waals surface area contributed by atoms with E-state index in [1.54, 1.807) is 23.3 Å². The number of likely N-dealkylation sites (tertiary alicyclic amines) is 1. The Kier molecular flexibility index (Phi) is 6.79. The van der Waals surface area contributed by atoms with Crippen LogP contribution in [0.2, 0.25) is 10.0 Å². The van der Waals surface area contributed by atoms with E-state index in [-0.39, 0.29) is 23.3 Å². The van der Waals surface area contributed by atoms with Crippen LogP contribution in [0.1, 0.15) is 36.0 Å². The molecular formula is C24H22Cl2FN7O. The van der Waals surface area contributed by atoms with Gasteiger partial charge in [0.25, 0.3) is 0 Å². The fourth-order valence-electron chi connectivity index (χ4n) is 4.35. The molecule has 11 heteroatoms. The number of hydrogen-bond acceptors (Lipinski definition) is 5. The number of aromatic nitrogens is 6. The molecule has 0 unspecified atom stereocenters. The minimum absolute atomic E-state index is 0.0263. The second-order valence-corrected chi connectivity index (χ2v) is 9.26. The second-order valence-electron chi connectivity index (χ2n) is 8.41. The van der Waals surface area contributed by atoms with Crippen molar-refractivity contribution in [2.75, 3.05) is 13.1 Å². The molecule has 0 N–H and O–H groups in total. The van der Waals surface area contributed by atoms with Crippen molar-refractivity contribution in [1.29, 1.82) is 0 Å². The van der Waals surface area contributed by atoms with Crippen molar-refractivity contribution in [2.45, 2.75) is 31.7 Å². The molecule has 3 heterocycles. The molecule has 2 aromatic carbocycles. The van der Waals surface area contributed by atoms with Crippen LogP contribution in [0.15, 0.2) is 54.9 Å². The van der Waals surface area contributed by atoms with E-state index in [4.69, 9.17) is 23.2 Å². The van der Waals surface area contributed by atoms with Gasteiger partial charge in [0.2, 0.25) is 5.91 Å². The molecule has 5 rings (SSSR count). The number of amides is 1. The maximum absolute atomic E-state index is 13.3. The number of piperidine rings is 1. The molecule has 8 nitrogen and oxygen atoms in total. The average molecular weight is 514 g/mol. The van der Waals surface area contributed by atoms with E-state index in [0.29, 0.717) is 36.0 Å². The molecule has 0 radical (unpaired) electrons. The highest BCUT2D eigenvalue weighted by atomic mass is 35.5. The number of carbonyl (C=O) groups is 1. The van der Waals surface area contributed by atoms with Crippen molar-refractivity contribution in [1.82, 2.24) is 34.7 Å². The molecule has 4 aromatic rings. The summed E-state index contributed by atoms with van der Waals surface area (Å²) in [5, 5.41) is 18.3. The lowest BCUT2D eigenvalue weighted by molar-refractivity contribution is -0.131. The third kappa shape index (κ3) is 5.21. The predicted octanol–water partition coefficient (Wildman–Crippen LogP) is 4.30. The van der Waals surface area contributed by atoms with Crippen LogP contribution in [0.4, 0.5) is 4.39 Å². The first-order valence-electron chi connectivity index (χ1n) is 11.2. The van der Waals surface area contributed by atoms with Gasteiger partial charge in [0.1, 0.15) is 18.2 Å². The number of carbonyl (C=O) groups excluding carboxylic acids is 1. The molecule has 0 atom stereocenters. The molecule has 0 spiro atoms. The van der Waals surface area contributed by atoms with E-state index in [1.165, 1.54) is 12.1 Å². The van der Waals surface area contributed by atoms with Crippen LogP contribution < -0.4 is 0 Å². The van der Waals surface area contributed by atoms with Crippen molar-refractivity contribution in [2.24, 2.45) is 0 Å². The highest BCUT2D eigenvalue weighted by Crippen LogP contribution is 2.30. The van der Waals surface area contributed by atoms with Crippen LogP contribution in [-0.2, 0) is 17.8 Å². The molecule has 1 fully saturated rings. The molecule has 1 aliphatic rings. The molecule has 1 aliphatic heterocycles. The average Bonchev–Trinajstić information content (AvgIpc) is 3.52. The summed E-state index contributed by atoms with van der Waals surface area (Å²) in [6, 6.07) is 11.6. The van der Waals surface area contributed by atoms with E-state index >= 15 is 0 Å². The largest absolute Gasteiger partial charge is 0.342 e. The fraction of sp³-hybridized carbons (Fsp3) is 0.292. The molecule has 0 bridgehead atoms. The zero-order valence-corrected chi connectivity index (χ0v) is 20.2. The van der Waals surface area contributed by atoms with Gasteiger partial charge in [0.15, 0.2) is 5.82 Å². The summed E-state index contributed by atoms with van der Waals surface area (Å²) in [7, 11) is 0. The second kappa shape index (κ2) is 10.1. The van der Waals surface area contributed by atoms with E-state index < -0.39 is 5.82 Å². The Balaban J connectivity index is 1.33. The molecule has 2 aromatic heterocycles. The summed E-state index contributed by atoms with van der Waals surface area (Å²) in [5.41, 5.74) is 1.53.